The van der Waals surface area contributed by atoms with Gasteiger partial charge in [0.05, 0.1) is 5.75 Å². The lowest BCUT2D eigenvalue weighted by Crippen LogP contribution is -2.43. The molecular formula is C25H33N3O4S. The van der Waals surface area contributed by atoms with Crippen LogP contribution in [-0.2, 0) is 20.4 Å². The highest BCUT2D eigenvalue weighted by molar-refractivity contribution is 7.89. The van der Waals surface area contributed by atoms with Crippen LogP contribution in [0.4, 0.5) is 11.4 Å². The fraction of sp³-hybridized carbons (Fsp3) is 0.440. The van der Waals surface area contributed by atoms with Crippen LogP contribution in [0.3, 0.4) is 0 Å². The average Bonchev–Trinajstić information content (AvgIpc) is 3.31. The Labute approximate surface area is 196 Å². The van der Waals surface area contributed by atoms with Gasteiger partial charge in [0.15, 0.2) is 9.84 Å². The Morgan fingerprint density at radius 1 is 1.06 bits per heavy atom. The van der Waals surface area contributed by atoms with Crippen LogP contribution in [0, 0.1) is 0 Å². The van der Waals surface area contributed by atoms with Crippen LogP contribution in [-0.4, -0.2) is 45.6 Å². The highest BCUT2D eigenvalue weighted by Gasteiger charge is 2.22. The Morgan fingerprint density at radius 2 is 1.76 bits per heavy atom. The van der Waals surface area contributed by atoms with Gasteiger partial charge in [-0.15, -0.1) is 0 Å². The molecule has 2 amide bonds. The van der Waals surface area contributed by atoms with E-state index < -0.39 is 15.9 Å². The highest BCUT2D eigenvalue weighted by Crippen LogP contribution is 2.23. The molecule has 1 aliphatic heterocycles. The van der Waals surface area contributed by atoms with Crippen LogP contribution in [0.1, 0.15) is 54.9 Å². The summed E-state index contributed by atoms with van der Waals surface area (Å²) in [5.74, 6) is -0.681. The molecule has 3 rings (SSSR count). The summed E-state index contributed by atoms with van der Waals surface area (Å²) in [5.41, 5.74) is 2.81. The molecule has 2 aromatic rings. The van der Waals surface area contributed by atoms with Crippen molar-refractivity contribution in [1.29, 1.82) is 0 Å². The van der Waals surface area contributed by atoms with Crippen LogP contribution in [0.5, 0.6) is 0 Å². The van der Waals surface area contributed by atoms with Gasteiger partial charge in [-0.2, -0.15) is 0 Å². The maximum absolute atomic E-state index is 13.0. The Balaban J connectivity index is 1.66. The molecule has 1 saturated heterocycles. The Bertz CT molecular complexity index is 1060. The molecule has 1 fully saturated rings. The number of carbonyl (C=O) groups is 2. The summed E-state index contributed by atoms with van der Waals surface area (Å²) in [7, 11) is -3.15. The van der Waals surface area contributed by atoms with Crippen molar-refractivity contribution in [3.8, 4) is 0 Å². The number of hydrogen-bond donors (Lipinski definition) is 2. The number of sulfone groups is 1. The fourth-order valence-electron chi connectivity index (χ4n) is 3.96. The van der Waals surface area contributed by atoms with E-state index in [4.69, 9.17) is 0 Å². The van der Waals surface area contributed by atoms with E-state index in [1.165, 1.54) is 19.1 Å². The summed E-state index contributed by atoms with van der Waals surface area (Å²) >= 11 is 0. The van der Waals surface area contributed by atoms with E-state index in [-0.39, 0.29) is 17.6 Å². The smallest absolute Gasteiger partial charge is 0.251 e. The van der Waals surface area contributed by atoms with Gasteiger partial charge in [-0.25, -0.2) is 8.42 Å². The molecule has 0 spiro atoms. The van der Waals surface area contributed by atoms with Crippen LogP contribution in [0.25, 0.3) is 0 Å². The lowest BCUT2D eigenvalue weighted by Gasteiger charge is -2.21. The van der Waals surface area contributed by atoms with Gasteiger partial charge in [-0.1, -0.05) is 38.0 Å². The van der Waals surface area contributed by atoms with E-state index in [0.29, 0.717) is 23.2 Å². The van der Waals surface area contributed by atoms with E-state index in [1.54, 1.807) is 24.3 Å². The minimum absolute atomic E-state index is 0.0765. The maximum Gasteiger partial charge on any atom is 0.251 e. The summed E-state index contributed by atoms with van der Waals surface area (Å²) in [6, 6.07) is 13.6. The van der Waals surface area contributed by atoms with Crippen LogP contribution < -0.4 is 15.5 Å². The minimum atomic E-state index is -3.15. The second kappa shape index (κ2) is 11.3. The molecule has 2 aromatic carbocycles. The summed E-state index contributed by atoms with van der Waals surface area (Å²) in [4.78, 5) is 28.1. The van der Waals surface area contributed by atoms with Gasteiger partial charge in [0, 0.05) is 36.3 Å². The van der Waals surface area contributed by atoms with Crippen molar-refractivity contribution in [3.05, 3.63) is 59.7 Å². The Kier molecular flexibility index (Phi) is 8.49. The number of rotatable bonds is 10. The van der Waals surface area contributed by atoms with Crippen molar-refractivity contribution in [3.63, 3.8) is 0 Å². The van der Waals surface area contributed by atoms with Crippen molar-refractivity contribution in [2.45, 2.75) is 50.8 Å². The third-order valence-electron chi connectivity index (χ3n) is 5.70. The largest absolute Gasteiger partial charge is 0.371 e. The van der Waals surface area contributed by atoms with Gasteiger partial charge in [-0.3, -0.25) is 9.59 Å². The lowest BCUT2D eigenvalue weighted by molar-refractivity contribution is -0.118. The SMILES string of the molecule is CCCCC(NC(=O)c1ccc(CS(C)(=O)=O)cc1)C(=O)Nc1cccc(N2CCCC2)c1. The first-order chi connectivity index (χ1) is 15.7. The summed E-state index contributed by atoms with van der Waals surface area (Å²) in [6.07, 6.45) is 5.77. The predicted octanol–water partition coefficient (Wildman–Crippen LogP) is 3.76. The molecule has 0 radical (unpaired) electrons. The molecule has 0 saturated carbocycles. The lowest BCUT2D eigenvalue weighted by atomic mass is 10.1. The first kappa shape index (κ1) is 24.8. The van der Waals surface area contributed by atoms with Crippen LogP contribution in [0.15, 0.2) is 48.5 Å². The second-order valence-electron chi connectivity index (χ2n) is 8.67. The maximum atomic E-state index is 13.0. The first-order valence-electron chi connectivity index (χ1n) is 11.5. The van der Waals surface area contributed by atoms with Gasteiger partial charge in [-0.05, 0) is 55.2 Å². The van der Waals surface area contributed by atoms with Gasteiger partial charge in [0.2, 0.25) is 5.91 Å². The molecule has 1 atom stereocenters. The van der Waals surface area contributed by atoms with E-state index >= 15 is 0 Å². The van der Waals surface area contributed by atoms with Crippen LogP contribution >= 0.6 is 0 Å². The number of amides is 2. The Morgan fingerprint density at radius 3 is 2.39 bits per heavy atom. The van der Waals surface area contributed by atoms with Crippen molar-refractivity contribution in [2.75, 3.05) is 29.6 Å². The van der Waals surface area contributed by atoms with E-state index in [9.17, 15) is 18.0 Å². The molecule has 1 unspecified atom stereocenters. The molecule has 8 heteroatoms. The monoisotopic (exact) mass is 471 g/mol. The average molecular weight is 472 g/mol. The predicted molar refractivity (Wildman–Crippen MR) is 132 cm³/mol. The van der Waals surface area contributed by atoms with E-state index in [1.807, 2.05) is 31.2 Å². The number of benzene rings is 2. The van der Waals surface area contributed by atoms with E-state index in [2.05, 4.69) is 15.5 Å². The van der Waals surface area contributed by atoms with Crippen molar-refractivity contribution in [1.82, 2.24) is 5.32 Å². The van der Waals surface area contributed by atoms with Gasteiger partial charge < -0.3 is 15.5 Å². The minimum Gasteiger partial charge on any atom is -0.371 e. The summed E-state index contributed by atoms with van der Waals surface area (Å²) in [6.45, 7) is 4.09. The molecule has 1 heterocycles. The molecule has 178 valence electrons. The molecule has 0 aromatic heterocycles. The normalized spacial score (nSPS) is 14.7. The molecule has 0 bridgehead atoms. The standard InChI is InChI=1S/C25H33N3O4S/c1-3-4-10-23(27-24(29)20-13-11-19(12-14-20)18-33(2,31)32)25(30)26-21-8-7-9-22(17-21)28-15-5-6-16-28/h7-9,11-14,17,23H,3-6,10,15-16,18H2,1-2H3,(H,26,30)(H,27,29). The zero-order chi connectivity index (χ0) is 23.8. The number of nitrogens with zero attached hydrogens (tertiary/aromatic N) is 1. The Hall–Kier alpha value is -2.87. The van der Waals surface area contributed by atoms with E-state index in [0.717, 1.165) is 31.6 Å². The third-order valence-corrected chi connectivity index (χ3v) is 6.56. The molecule has 7 nitrogen and oxygen atoms in total. The topological polar surface area (TPSA) is 95.6 Å². The highest BCUT2D eigenvalue weighted by atomic mass is 32.2. The zero-order valence-corrected chi connectivity index (χ0v) is 20.2. The van der Waals surface area contributed by atoms with Crippen LogP contribution in [0.2, 0.25) is 0 Å². The summed E-state index contributed by atoms with van der Waals surface area (Å²) in [5, 5.41) is 5.81. The number of carbonyl (C=O) groups excluding carboxylic acids is 2. The molecule has 1 aliphatic rings. The van der Waals surface area contributed by atoms with Gasteiger partial charge >= 0.3 is 0 Å². The first-order valence-corrected chi connectivity index (χ1v) is 13.5. The number of anilines is 2. The van der Waals surface area contributed by atoms with Crippen molar-refractivity contribution in [2.24, 2.45) is 0 Å². The molecule has 2 N–H and O–H groups in total. The van der Waals surface area contributed by atoms with Gasteiger partial charge in [0.1, 0.15) is 6.04 Å². The number of nitrogens with one attached hydrogen (secondary N) is 2. The quantitative estimate of drug-likeness (QED) is 0.550. The number of hydrogen-bond acceptors (Lipinski definition) is 5. The second-order valence-corrected chi connectivity index (χ2v) is 10.8. The number of unbranched alkanes of at least 4 members (excludes halogenated alkanes) is 1. The zero-order valence-electron chi connectivity index (χ0n) is 19.3. The molecule has 0 aliphatic carbocycles. The van der Waals surface area contributed by atoms with Crippen molar-refractivity contribution >= 4 is 33.0 Å². The fourth-order valence-corrected chi connectivity index (χ4v) is 4.76. The van der Waals surface area contributed by atoms with Gasteiger partial charge in [0.25, 0.3) is 5.91 Å². The summed E-state index contributed by atoms with van der Waals surface area (Å²) < 4.78 is 22.9. The third kappa shape index (κ3) is 7.60. The molecular weight excluding hydrogens is 438 g/mol. The molecule has 33 heavy (non-hydrogen) atoms. The van der Waals surface area contributed by atoms with Crippen molar-refractivity contribution < 1.29 is 18.0 Å².